The Bertz CT molecular complexity index is 800. The Morgan fingerprint density at radius 3 is 2.86 bits per heavy atom. The minimum atomic E-state index is -0.162. The minimum absolute atomic E-state index is 0.0895. The molecule has 2 heterocycles. The zero-order valence-electron chi connectivity index (χ0n) is 12.3. The van der Waals surface area contributed by atoms with E-state index in [2.05, 4.69) is 15.3 Å². The fourth-order valence-corrected chi connectivity index (χ4v) is 2.52. The van der Waals surface area contributed by atoms with E-state index in [1.807, 2.05) is 55.9 Å². The first-order valence-corrected chi connectivity index (χ1v) is 6.92. The van der Waals surface area contributed by atoms with Crippen LogP contribution in [0.3, 0.4) is 0 Å². The summed E-state index contributed by atoms with van der Waals surface area (Å²) in [4.78, 5) is 19.9. The third-order valence-corrected chi connectivity index (χ3v) is 3.62. The monoisotopic (exact) mass is 282 g/mol. The summed E-state index contributed by atoms with van der Waals surface area (Å²) in [5.74, 6) is 0.675. The molecule has 0 aliphatic carbocycles. The van der Waals surface area contributed by atoms with E-state index in [1.54, 1.807) is 6.20 Å². The van der Waals surface area contributed by atoms with Crippen molar-refractivity contribution in [3.05, 3.63) is 53.7 Å². The summed E-state index contributed by atoms with van der Waals surface area (Å²) in [7, 11) is 1.94. The second kappa shape index (κ2) is 5.09. The fraction of sp³-hybridized carbons (Fsp3) is 0.250. The maximum absolute atomic E-state index is 12.5. The van der Waals surface area contributed by atoms with Crippen molar-refractivity contribution >= 4 is 16.8 Å². The number of nitrogens with zero attached hydrogens (tertiary/aromatic N) is 2. The number of aromatic amines is 1. The molecule has 3 rings (SSSR count). The van der Waals surface area contributed by atoms with Crippen LogP contribution in [0.1, 0.15) is 34.8 Å². The Morgan fingerprint density at radius 1 is 1.38 bits per heavy atom. The number of aryl methyl sites for hydroxylation is 2. The Kier molecular flexibility index (Phi) is 3.25. The number of amides is 1. The van der Waals surface area contributed by atoms with E-state index in [4.69, 9.17) is 0 Å². The van der Waals surface area contributed by atoms with Gasteiger partial charge >= 0.3 is 0 Å². The molecule has 21 heavy (non-hydrogen) atoms. The Morgan fingerprint density at radius 2 is 2.14 bits per heavy atom. The van der Waals surface area contributed by atoms with Crippen molar-refractivity contribution in [1.82, 2.24) is 19.9 Å². The van der Waals surface area contributed by atoms with Crippen LogP contribution in [0.25, 0.3) is 10.9 Å². The molecule has 2 aromatic heterocycles. The van der Waals surface area contributed by atoms with Gasteiger partial charge in [0.05, 0.1) is 11.6 Å². The average molecular weight is 282 g/mol. The van der Waals surface area contributed by atoms with Crippen LogP contribution < -0.4 is 5.32 Å². The molecule has 0 radical (unpaired) electrons. The van der Waals surface area contributed by atoms with E-state index in [9.17, 15) is 4.79 Å². The number of nitrogens with one attached hydrogen (secondary N) is 2. The predicted molar refractivity (Wildman–Crippen MR) is 82.1 cm³/mol. The summed E-state index contributed by atoms with van der Waals surface area (Å²) in [6.07, 6.45) is 3.62. The molecule has 1 aromatic carbocycles. The molecule has 108 valence electrons. The number of benzene rings is 1. The quantitative estimate of drug-likeness (QED) is 0.776. The van der Waals surface area contributed by atoms with Gasteiger partial charge in [0.25, 0.3) is 5.91 Å². The van der Waals surface area contributed by atoms with Crippen LogP contribution in [0.5, 0.6) is 0 Å². The van der Waals surface area contributed by atoms with E-state index in [0.29, 0.717) is 5.56 Å². The second-order valence-corrected chi connectivity index (χ2v) is 5.32. The van der Waals surface area contributed by atoms with Crippen LogP contribution in [0.2, 0.25) is 0 Å². The molecule has 1 unspecified atom stereocenters. The highest BCUT2D eigenvalue weighted by Gasteiger charge is 2.17. The lowest BCUT2D eigenvalue weighted by atomic mass is 10.1. The zero-order valence-corrected chi connectivity index (χ0v) is 12.3. The molecule has 0 spiro atoms. The number of H-pyrrole nitrogens is 1. The topological polar surface area (TPSA) is 62.7 Å². The van der Waals surface area contributed by atoms with E-state index in [-0.39, 0.29) is 11.9 Å². The molecule has 0 saturated heterocycles. The number of para-hydroxylation sites is 1. The van der Waals surface area contributed by atoms with Gasteiger partial charge in [0.15, 0.2) is 0 Å². The summed E-state index contributed by atoms with van der Waals surface area (Å²) in [6, 6.07) is 7.72. The van der Waals surface area contributed by atoms with Crippen molar-refractivity contribution in [1.29, 1.82) is 0 Å². The molecule has 3 aromatic rings. The molecule has 1 atom stereocenters. The summed E-state index contributed by atoms with van der Waals surface area (Å²) in [6.45, 7) is 3.86. The molecular weight excluding hydrogens is 264 g/mol. The van der Waals surface area contributed by atoms with Gasteiger partial charge in [-0.15, -0.1) is 0 Å². The molecule has 0 aliphatic heterocycles. The Hall–Kier alpha value is -2.56. The first kappa shape index (κ1) is 13.4. The Balaban J connectivity index is 1.87. The van der Waals surface area contributed by atoms with Crippen LogP contribution in [-0.2, 0) is 7.05 Å². The van der Waals surface area contributed by atoms with Crippen LogP contribution >= 0.6 is 0 Å². The van der Waals surface area contributed by atoms with Crippen LogP contribution in [0, 0.1) is 6.92 Å². The second-order valence-electron chi connectivity index (χ2n) is 5.32. The normalized spacial score (nSPS) is 12.5. The van der Waals surface area contributed by atoms with Gasteiger partial charge in [-0.2, -0.15) is 0 Å². The molecule has 0 fully saturated rings. The van der Waals surface area contributed by atoms with Crippen molar-refractivity contribution in [2.45, 2.75) is 19.9 Å². The standard InChI is InChI=1S/C16H18N4O/c1-10-8-17-15(18-10)11(2)19-16(21)13-9-20(3)14-7-5-4-6-12(13)14/h4-9,11H,1-3H3,(H,17,18)(H,19,21). The highest BCUT2D eigenvalue weighted by atomic mass is 16.1. The van der Waals surface area contributed by atoms with Crippen molar-refractivity contribution < 1.29 is 4.79 Å². The lowest BCUT2D eigenvalue weighted by Gasteiger charge is -2.11. The van der Waals surface area contributed by atoms with Crippen molar-refractivity contribution in [3.63, 3.8) is 0 Å². The molecule has 0 bridgehead atoms. The number of rotatable bonds is 3. The summed E-state index contributed by atoms with van der Waals surface area (Å²) >= 11 is 0. The largest absolute Gasteiger partial charge is 0.350 e. The van der Waals surface area contributed by atoms with Gasteiger partial charge in [-0.3, -0.25) is 4.79 Å². The van der Waals surface area contributed by atoms with Crippen LogP contribution in [0.4, 0.5) is 0 Å². The van der Waals surface area contributed by atoms with Crippen LogP contribution in [0.15, 0.2) is 36.7 Å². The third kappa shape index (κ3) is 2.42. The lowest BCUT2D eigenvalue weighted by Crippen LogP contribution is -2.27. The number of aromatic nitrogens is 3. The van der Waals surface area contributed by atoms with Gasteiger partial charge in [-0.25, -0.2) is 4.98 Å². The van der Waals surface area contributed by atoms with Gasteiger partial charge in [0.2, 0.25) is 0 Å². The lowest BCUT2D eigenvalue weighted by molar-refractivity contribution is 0.0940. The number of carbonyl (C=O) groups is 1. The van der Waals surface area contributed by atoms with E-state index in [0.717, 1.165) is 22.4 Å². The van der Waals surface area contributed by atoms with E-state index in [1.165, 1.54) is 0 Å². The van der Waals surface area contributed by atoms with Gasteiger partial charge in [-0.1, -0.05) is 18.2 Å². The Labute approximate surface area is 123 Å². The molecule has 5 heteroatoms. The highest BCUT2D eigenvalue weighted by molar-refractivity contribution is 6.07. The third-order valence-electron chi connectivity index (χ3n) is 3.62. The van der Waals surface area contributed by atoms with Gasteiger partial charge in [0.1, 0.15) is 5.82 Å². The first-order valence-electron chi connectivity index (χ1n) is 6.92. The van der Waals surface area contributed by atoms with E-state index >= 15 is 0 Å². The highest BCUT2D eigenvalue weighted by Crippen LogP contribution is 2.21. The molecule has 5 nitrogen and oxygen atoms in total. The summed E-state index contributed by atoms with van der Waals surface area (Å²) in [5, 5.41) is 3.94. The molecular formula is C16H18N4O. The zero-order chi connectivity index (χ0) is 15.0. The first-order chi connectivity index (χ1) is 10.1. The summed E-state index contributed by atoms with van der Waals surface area (Å²) in [5.41, 5.74) is 2.71. The fourth-order valence-electron chi connectivity index (χ4n) is 2.52. The van der Waals surface area contributed by atoms with Crippen LogP contribution in [-0.4, -0.2) is 20.4 Å². The smallest absolute Gasteiger partial charge is 0.254 e. The average Bonchev–Trinajstić information content (AvgIpc) is 3.04. The van der Waals surface area contributed by atoms with Crippen molar-refractivity contribution in [3.8, 4) is 0 Å². The van der Waals surface area contributed by atoms with Gasteiger partial charge < -0.3 is 14.9 Å². The SMILES string of the molecule is Cc1cnc(C(C)NC(=O)c2cn(C)c3ccccc23)[nH]1. The number of fused-ring (bicyclic) bond motifs is 1. The maximum Gasteiger partial charge on any atom is 0.254 e. The van der Waals surface area contributed by atoms with Gasteiger partial charge in [0, 0.05) is 36.0 Å². The molecule has 2 N–H and O–H groups in total. The molecule has 1 amide bonds. The maximum atomic E-state index is 12.5. The molecule has 0 saturated carbocycles. The van der Waals surface area contributed by atoms with Gasteiger partial charge in [-0.05, 0) is 19.9 Å². The minimum Gasteiger partial charge on any atom is -0.350 e. The van der Waals surface area contributed by atoms with E-state index < -0.39 is 0 Å². The molecule has 0 aliphatic rings. The number of hydrogen-bond donors (Lipinski definition) is 2. The summed E-state index contributed by atoms with van der Waals surface area (Å²) < 4.78 is 1.96. The number of carbonyl (C=O) groups excluding carboxylic acids is 1. The predicted octanol–water partition coefficient (Wildman–Crippen LogP) is 2.70. The van der Waals surface area contributed by atoms with Crippen molar-refractivity contribution in [2.24, 2.45) is 7.05 Å². The number of hydrogen-bond acceptors (Lipinski definition) is 2. The van der Waals surface area contributed by atoms with Crippen molar-refractivity contribution in [2.75, 3.05) is 0 Å². The number of imidazole rings is 1.